The molecular formula is C21H18F2N4O. The molecule has 0 bridgehead atoms. The third kappa shape index (κ3) is 2.89. The number of aromatic nitrogens is 2. The molecule has 2 atom stereocenters. The third-order valence-electron chi connectivity index (χ3n) is 5.11. The van der Waals surface area contributed by atoms with Crippen molar-refractivity contribution >= 4 is 5.84 Å². The first-order chi connectivity index (χ1) is 13.4. The summed E-state index contributed by atoms with van der Waals surface area (Å²) >= 11 is 0. The van der Waals surface area contributed by atoms with Crippen molar-refractivity contribution < 1.29 is 8.78 Å². The monoisotopic (exact) mass is 380 g/mol. The molecule has 0 saturated carbocycles. The van der Waals surface area contributed by atoms with Crippen molar-refractivity contribution in [3.63, 3.8) is 0 Å². The number of hydrogen-bond donors (Lipinski definition) is 2. The highest BCUT2D eigenvalue weighted by Crippen LogP contribution is 2.38. The van der Waals surface area contributed by atoms with Crippen LogP contribution in [0, 0.1) is 18.7 Å². The van der Waals surface area contributed by atoms with E-state index in [4.69, 9.17) is 4.99 Å². The molecule has 0 spiro atoms. The van der Waals surface area contributed by atoms with E-state index in [0.717, 1.165) is 5.56 Å². The molecule has 0 unspecified atom stereocenters. The van der Waals surface area contributed by atoms with Crippen LogP contribution in [0.1, 0.15) is 29.3 Å². The molecule has 0 saturated heterocycles. The number of aromatic amines is 1. The Morgan fingerprint density at radius 1 is 1.00 bits per heavy atom. The van der Waals surface area contributed by atoms with E-state index in [0.29, 0.717) is 22.7 Å². The molecule has 4 rings (SSSR count). The number of nitrogens with one attached hydrogen (secondary N) is 2. The second kappa shape index (κ2) is 6.67. The van der Waals surface area contributed by atoms with E-state index in [-0.39, 0.29) is 17.4 Å². The first kappa shape index (κ1) is 18.0. The molecule has 2 aromatic heterocycles. The van der Waals surface area contributed by atoms with Crippen LogP contribution in [-0.2, 0) is 5.54 Å². The average Bonchev–Trinajstić information content (AvgIpc) is 3.03. The molecule has 3 heterocycles. The van der Waals surface area contributed by atoms with Crippen LogP contribution < -0.4 is 10.9 Å². The molecule has 0 aliphatic carbocycles. The molecule has 0 radical (unpaired) electrons. The molecule has 0 amide bonds. The Balaban J connectivity index is 1.85. The van der Waals surface area contributed by atoms with Crippen LogP contribution in [0.25, 0.3) is 0 Å². The molecule has 28 heavy (non-hydrogen) atoms. The first-order valence-corrected chi connectivity index (χ1v) is 8.84. The molecule has 1 aromatic carbocycles. The zero-order valence-corrected chi connectivity index (χ0v) is 15.3. The van der Waals surface area contributed by atoms with Gasteiger partial charge >= 0.3 is 0 Å². The molecule has 5 nitrogen and oxygen atoms in total. The van der Waals surface area contributed by atoms with Crippen LogP contribution in [-0.4, -0.2) is 21.8 Å². The predicted octanol–water partition coefficient (Wildman–Crippen LogP) is 3.04. The summed E-state index contributed by atoms with van der Waals surface area (Å²) < 4.78 is 26.9. The molecule has 0 fully saturated rings. The lowest BCUT2D eigenvalue weighted by Gasteiger charge is -2.34. The van der Waals surface area contributed by atoms with Gasteiger partial charge in [0, 0.05) is 17.3 Å². The predicted molar refractivity (Wildman–Crippen MR) is 102 cm³/mol. The lowest BCUT2D eigenvalue weighted by atomic mass is 9.79. The maximum atomic E-state index is 13.5. The number of H-pyrrole nitrogens is 1. The van der Waals surface area contributed by atoms with Crippen LogP contribution >= 0.6 is 0 Å². The maximum Gasteiger partial charge on any atom is 0.251 e. The highest BCUT2D eigenvalue weighted by atomic mass is 19.1. The van der Waals surface area contributed by atoms with Crippen LogP contribution in [0.2, 0.25) is 0 Å². The minimum atomic E-state index is -0.883. The van der Waals surface area contributed by atoms with Crippen molar-refractivity contribution in [3.05, 3.63) is 99.2 Å². The number of benzene rings is 1. The van der Waals surface area contributed by atoms with E-state index in [9.17, 15) is 13.6 Å². The normalized spacial score (nSPS) is 21.3. The molecule has 1 aliphatic rings. The molecule has 142 valence electrons. The van der Waals surface area contributed by atoms with E-state index in [1.165, 1.54) is 24.4 Å². The van der Waals surface area contributed by atoms with Crippen molar-refractivity contribution in [1.29, 1.82) is 0 Å². The number of aliphatic imine (C=N–C) groups is 1. The largest absolute Gasteiger partial charge is 0.353 e. The van der Waals surface area contributed by atoms with Gasteiger partial charge in [0.25, 0.3) is 5.56 Å². The standard InChI is InChI=1S/C21H18F2N4O/c1-12-3-9-17(26-20(12)28)19-25-13(2)21(27-19,14-4-7-16(22)8-5-14)15-6-10-18(23)24-11-15/h3-11,13H,1-2H3,(H,25,27)(H,26,28)/t13-,21-/m0/s1. The van der Waals surface area contributed by atoms with E-state index >= 15 is 0 Å². The van der Waals surface area contributed by atoms with Crippen molar-refractivity contribution in [2.45, 2.75) is 25.4 Å². The van der Waals surface area contributed by atoms with E-state index in [1.54, 1.807) is 37.3 Å². The number of aryl methyl sites for hydroxylation is 1. The second-order valence-electron chi connectivity index (χ2n) is 6.85. The lowest BCUT2D eigenvalue weighted by molar-refractivity contribution is 0.430. The molecule has 1 aliphatic heterocycles. The van der Waals surface area contributed by atoms with Crippen molar-refractivity contribution in [3.8, 4) is 0 Å². The molecule has 3 aromatic rings. The Kier molecular flexibility index (Phi) is 4.30. The van der Waals surface area contributed by atoms with Crippen molar-refractivity contribution in [2.24, 2.45) is 4.99 Å². The second-order valence-corrected chi connectivity index (χ2v) is 6.85. The fourth-order valence-electron chi connectivity index (χ4n) is 3.55. The van der Waals surface area contributed by atoms with Gasteiger partial charge in [-0.1, -0.05) is 24.3 Å². The average molecular weight is 380 g/mol. The lowest BCUT2D eigenvalue weighted by Crippen LogP contribution is -2.48. The van der Waals surface area contributed by atoms with Crippen molar-refractivity contribution in [2.75, 3.05) is 0 Å². The van der Waals surface area contributed by atoms with Gasteiger partial charge in [-0.2, -0.15) is 4.39 Å². The Bertz CT molecular complexity index is 1060. The summed E-state index contributed by atoms with van der Waals surface area (Å²) in [6.45, 7) is 3.63. The van der Waals surface area contributed by atoms with Gasteiger partial charge in [-0.3, -0.25) is 9.79 Å². The quantitative estimate of drug-likeness (QED) is 0.686. The highest BCUT2D eigenvalue weighted by molar-refractivity contribution is 5.99. The first-order valence-electron chi connectivity index (χ1n) is 8.84. The van der Waals surface area contributed by atoms with Crippen molar-refractivity contribution in [1.82, 2.24) is 15.3 Å². The summed E-state index contributed by atoms with van der Waals surface area (Å²) in [5.74, 6) is -0.447. The number of pyridine rings is 2. The number of rotatable bonds is 3. The van der Waals surface area contributed by atoms with Gasteiger partial charge in [0.2, 0.25) is 5.95 Å². The van der Waals surface area contributed by atoms with Gasteiger partial charge in [-0.15, -0.1) is 0 Å². The summed E-state index contributed by atoms with van der Waals surface area (Å²) in [5.41, 5.74) is 1.50. The number of hydrogen-bond acceptors (Lipinski definition) is 4. The van der Waals surface area contributed by atoms with E-state index in [2.05, 4.69) is 15.3 Å². The zero-order chi connectivity index (χ0) is 19.9. The van der Waals surface area contributed by atoms with E-state index in [1.807, 2.05) is 6.92 Å². The fraction of sp³-hybridized carbons (Fsp3) is 0.190. The Labute approximate surface area is 160 Å². The summed E-state index contributed by atoms with van der Waals surface area (Å²) in [6.07, 6.45) is 1.44. The highest BCUT2D eigenvalue weighted by Gasteiger charge is 2.45. The summed E-state index contributed by atoms with van der Waals surface area (Å²) in [6, 6.07) is 12.1. The molecule has 7 heteroatoms. The van der Waals surface area contributed by atoms with Crippen LogP contribution in [0.3, 0.4) is 0 Å². The van der Waals surface area contributed by atoms with Gasteiger partial charge in [0.05, 0.1) is 11.7 Å². The fourth-order valence-corrected chi connectivity index (χ4v) is 3.55. The van der Waals surface area contributed by atoms with Gasteiger partial charge < -0.3 is 10.3 Å². The van der Waals surface area contributed by atoms with Crippen LogP contribution in [0.4, 0.5) is 8.78 Å². The van der Waals surface area contributed by atoms with Crippen LogP contribution in [0.5, 0.6) is 0 Å². The number of amidine groups is 1. The minimum Gasteiger partial charge on any atom is -0.353 e. The topological polar surface area (TPSA) is 70.1 Å². The van der Waals surface area contributed by atoms with Gasteiger partial charge in [-0.25, -0.2) is 9.37 Å². The summed E-state index contributed by atoms with van der Waals surface area (Å²) in [7, 11) is 0. The van der Waals surface area contributed by atoms with Gasteiger partial charge in [0.15, 0.2) is 0 Å². The molecular weight excluding hydrogens is 362 g/mol. The Hall–Kier alpha value is -3.35. The SMILES string of the molecule is Cc1ccc(C2=N[C@@H](C)[C@](c3ccc(F)cc3)(c3ccc(F)nc3)N2)[nH]c1=O. The summed E-state index contributed by atoms with van der Waals surface area (Å²) in [5, 5.41) is 3.38. The molecule has 2 N–H and O–H groups in total. The maximum absolute atomic E-state index is 13.5. The van der Waals surface area contributed by atoms with E-state index < -0.39 is 11.5 Å². The Morgan fingerprint density at radius 3 is 2.36 bits per heavy atom. The summed E-state index contributed by atoms with van der Waals surface area (Å²) in [4.78, 5) is 23.3. The minimum absolute atomic E-state index is 0.197. The van der Waals surface area contributed by atoms with Gasteiger partial charge in [0.1, 0.15) is 17.2 Å². The zero-order valence-electron chi connectivity index (χ0n) is 15.3. The number of halogens is 2. The third-order valence-corrected chi connectivity index (χ3v) is 5.11. The van der Waals surface area contributed by atoms with Gasteiger partial charge in [-0.05, 0) is 43.7 Å². The van der Waals surface area contributed by atoms with Crippen LogP contribution in [0.15, 0.2) is 64.5 Å². The Morgan fingerprint density at radius 2 is 1.71 bits per heavy atom. The number of nitrogens with zero attached hydrogens (tertiary/aromatic N) is 2. The smallest absolute Gasteiger partial charge is 0.251 e.